The summed E-state index contributed by atoms with van der Waals surface area (Å²) in [6, 6.07) is 13.6. The van der Waals surface area contributed by atoms with Gasteiger partial charge in [0, 0.05) is 12.6 Å². The minimum absolute atomic E-state index is 0.0516. The fourth-order valence-corrected chi connectivity index (χ4v) is 4.86. The topological polar surface area (TPSA) is 96.0 Å². The summed E-state index contributed by atoms with van der Waals surface area (Å²) >= 11 is 0. The number of rotatable bonds is 13. The number of hydrogen-bond acceptors (Lipinski definition) is 5. The van der Waals surface area contributed by atoms with Crippen LogP contribution in [0.25, 0.3) is 0 Å². The predicted octanol–water partition coefficient (Wildman–Crippen LogP) is 3.75. The molecule has 0 bridgehead atoms. The highest BCUT2D eigenvalue weighted by Crippen LogP contribution is 2.25. The molecule has 0 aromatic heterocycles. The molecule has 0 saturated carbocycles. The van der Waals surface area contributed by atoms with Crippen LogP contribution in [-0.2, 0) is 32.6 Å². The van der Waals surface area contributed by atoms with Gasteiger partial charge in [0.15, 0.2) is 0 Å². The van der Waals surface area contributed by atoms with Gasteiger partial charge >= 0.3 is 0 Å². The second kappa shape index (κ2) is 13.3. The number of benzene rings is 2. The first kappa shape index (κ1) is 29.2. The Kier molecular flexibility index (Phi) is 10.8. The van der Waals surface area contributed by atoms with Crippen LogP contribution in [0.3, 0.4) is 0 Å². The van der Waals surface area contributed by atoms with Gasteiger partial charge in [0.05, 0.1) is 19.1 Å². The van der Waals surface area contributed by atoms with Crippen LogP contribution in [-0.4, -0.2) is 57.1 Å². The number of nitrogens with zero attached hydrogens (tertiary/aromatic N) is 2. The van der Waals surface area contributed by atoms with Crippen molar-refractivity contribution in [3.63, 3.8) is 0 Å². The third-order valence-corrected chi connectivity index (χ3v) is 7.32. The Morgan fingerprint density at radius 1 is 1.03 bits per heavy atom. The van der Waals surface area contributed by atoms with Crippen LogP contribution in [0.2, 0.25) is 0 Å². The van der Waals surface area contributed by atoms with Gasteiger partial charge in [-0.2, -0.15) is 0 Å². The Morgan fingerprint density at radius 3 is 2.31 bits per heavy atom. The summed E-state index contributed by atoms with van der Waals surface area (Å²) in [5, 5.41) is 2.97. The van der Waals surface area contributed by atoms with E-state index in [0.29, 0.717) is 24.3 Å². The lowest BCUT2D eigenvalue weighted by atomic mass is 10.1. The lowest BCUT2D eigenvalue weighted by Gasteiger charge is -2.33. The molecule has 0 aliphatic rings. The number of methoxy groups -OCH3 is 1. The van der Waals surface area contributed by atoms with E-state index in [9.17, 15) is 18.0 Å². The molecule has 0 saturated heterocycles. The van der Waals surface area contributed by atoms with E-state index in [4.69, 9.17) is 4.74 Å². The predicted molar refractivity (Wildman–Crippen MR) is 144 cm³/mol. The Bertz CT molecular complexity index is 1140. The van der Waals surface area contributed by atoms with Crippen LogP contribution in [0.5, 0.6) is 5.75 Å². The summed E-state index contributed by atoms with van der Waals surface area (Å²) < 4.78 is 32.1. The molecule has 0 radical (unpaired) electrons. The zero-order valence-electron chi connectivity index (χ0n) is 22.2. The van der Waals surface area contributed by atoms with Crippen molar-refractivity contribution in [1.82, 2.24) is 10.2 Å². The lowest BCUT2D eigenvalue weighted by molar-refractivity contribution is -0.140. The molecular formula is C27H39N3O5S. The molecule has 9 heteroatoms. The number of aryl methyl sites for hydroxylation is 1. The van der Waals surface area contributed by atoms with Crippen molar-refractivity contribution in [3.8, 4) is 5.75 Å². The van der Waals surface area contributed by atoms with Crippen LogP contribution in [0.4, 0.5) is 5.69 Å². The van der Waals surface area contributed by atoms with E-state index in [1.54, 1.807) is 31.4 Å². The van der Waals surface area contributed by atoms with Crippen LogP contribution < -0.4 is 14.4 Å². The quantitative estimate of drug-likeness (QED) is 0.437. The molecule has 36 heavy (non-hydrogen) atoms. The van der Waals surface area contributed by atoms with Crippen LogP contribution in [0.1, 0.15) is 51.7 Å². The number of amides is 2. The van der Waals surface area contributed by atoms with Crippen molar-refractivity contribution in [2.24, 2.45) is 0 Å². The maximum absolute atomic E-state index is 13.8. The van der Waals surface area contributed by atoms with Crippen molar-refractivity contribution in [1.29, 1.82) is 0 Å². The summed E-state index contributed by atoms with van der Waals surface area (Å²) in [7, 11) is -2.21. The van der Waals surface area contributed by atoms with Gasteiger partial charge < -0.3 is 15.0 Å². The second-order valence-corrected chi connectivity index (χ2v) is 10.8. The first-order chi connectivity index (χ1) is 17.0. The molecule has 0 unspecified atom stereocenters. The maximum atomic E-state index is 13.8. The number of carbonyl (C=O) groups excluding carboxylic acids is 2. The fourth-order valence-electron chi connectivity index (χ4n) is 3.98. The average Bonchev–Trinajstić information content (AvgIpc) is 2.86. The molecule has 0 aliphatic heterocycles. The Hall–Kier alpha value is -3.07. The summed E-state index contributed by atoms with van der Waals surface area (Å²) in [6.45, 7) is 7.38. The van der Waals surface area contributed by atoms with Crippen molar-refractivity contribution in [2.45, 2.75) is 65.6 Å². The molecule has 198 valence electrons. The van der Waals surface area contributed by atoms with E-state index >= 15 is 0 Å². The average molecular weight is 518 g/mol. The minimum Gasteiger partial charge on any atom is -0.497 e. The van der Waals surface area contributed by atoms with Crippen LogP contribution in [0, 0.1) is 0 Å². The fraction of sp³-hybridized carbons (Fsp3) is 0.481. The van der Waals surface area contributed by atoms with Gasteiger partial charge in [-0.3, -0.25) is 13.9 Å². The van der Waals surface area contributed by atoms with Gasteiger partial charge in [-0.1, -0.05) is 51.1 Å². The number of ether oxygens (including phenoxy) is 1. The Labute approximate surface area is 215 Å². The number of hydrogen-bond donors (Lipinski definition) is 1. The smallest absolute Gasteiger partial charge is 0.244 e. The molecule has 2 aromatic carbocycles. The van der Waals surface area contributed by atoms with Gasteiger partial charge in [0.2, 0.25) is 21.8 Å². The number of para-hydroxylation sites is 1. The van der Waals surface area contributed by atoms with Gasteiger partial charge in [-0.25, -0.2) is 8.42 Å². The third kappa shape index (κ3) is 7.71. The molecule has 0 spiro atoms. The first-order valence-corrected chi connectivity index (χ1v) is 14.2. The van der Waals surface area contributed by atoms with Crippen LogP contribution in [0.15, 0.2) is 48.5 Å². The molecule has 1 N–H and O–H groups in total. The van der Waals surface area contributed by atoms with E-state index in [-0.39, 0.29) is 18.5 Å². The Morgan fingerprint density at radius 2 is 1.72 bits per heavy atom. The van der Waals surface area contributed by atoms with Crippen molar-refractivity contribution < 1.29 is 22.7 Å². The van der Waals surface area contributed by atoms with Crippen molar-refractivity contribution in [3.05, 3.63) is 59.7 Å². The molecule has 2 rings (SSSR count). The standard InChI is InChI=1S/C27H39N3O5S/c1-7-20(4)28-27(32)24(9-3)29(18-21-13-12-15-23(17-21)35-5)26(31)19-30(36(6,33)34)25-16-11-10-14-22(25)8-2/h10-17,20,24H,7-9,18-19H2,1-6H3,(H,28,32)/t20-,24+/m0/s1. The normalized spacial score (nSPS) is 12.9. The molecular weight excluding hydrogens is 478 g/mol. The monoisotopic (exact) mass is 517 g/mol. The number of anilines is 1. The van der Waals surface area contributed by atoms with Gasteiger partial charge in [-0.05, 0) is 55.5 Å². The summed E-state index contributed by atoms with van der Waals surface area (Å²) in [5.74, 6) is -0.0881. The van der Waals surface area contributed by atoms with E-state index in [0.717, 1.165) is 28.1 Å². The SMILES string of the molecule is CCc1ccccc1N(CC(=O)N(Cc1cccc(OC)c1)[C@H](CC)C(=O)N[C@@H](C)CC)S(C)(=O)=O. The third-order valence-electron chi connectivity index (χ3n) is 6.19. The molecule has 2 atom stereocenters. The zero-order chi connectivity index (χ0) is 26.9. The highest BCUT2D eigenvalue weighted by atomic mass is 32.2. The largest absolute Gasteiger partial charge is 0.497 e. The molecule has 2 aromatic rings. The summed E-state index contributed by atoms with van der Waals surface area (Å²) in [6.07, 6.45) is 2.83. The maximum Gasteiger partial charge on any atom is 0.244 e. The van der Waals surface area contributed by atoms with Crippen LogP contribution >= 0.6 is 0 Å². The summed E-state index contributed by atoms with van der Waals surface area (Å²) in [5.41, 5.74) is 2.06. The number of carbonyl (C=O) groups is 2. The van der Waals surface area contributed by atoms with Gasteiger partial charge in [0.1, 0.15) is 18.3 Å². The van der Waals surface area contributed by atoms with E-state index < -0.39 is 28.5 Å². The molecule has 8 nitrogen and oxygen atoms in total. The van der Waals surface area contributed by atoms with E-state index in [2.05, 4.69) is 5.32 Å². The van der Waals surface area contributed by atoms with Gasteiger partial charge in [0.25, 0.3) is 0 Å². The summed E-state index contributed by atoms with van der Waals surface area (Å²) in [4.78, 5) is 28.5. The second-order valence-electron chi connectivity index (χ2n) is 8.87. The van der Waals surface area contributed by atoms with Gasteiger partial charge in [-0.15, -0.1) is 0 Å². The zero-order valence-corrected chi connectivity index (χ0v) is 23.0. The molecule has 2 amide bonds. The van der Waals surface area contributed by atoms with Crippen molar-refractivity contribution in [2.75, 3.05) is 24.2 Å². The minimum atomic E-state index is -3.77. The highest BCUT2D eigenvalue weighted by Gasteiger charge is 2.32. The van der Waals surface area contributed by atoms with E-state index in [1.165, 1.54) is 4.90 Å². The Balaban J connectivity index is 2.49. The lowest BCUT2D eigenvalue weighted by Crippen LogP contribution is -2.53. The van der Waals surface area contributed by atoms with E-state index in [1.807, 2.05) is 52.0 Å². The molecule has 0 heterocycles. The number of sulfonamides is 1. The first-order valence-electron chi connectivity index (χ1n) is 12.3. The molecule has 0 fully saturated rings. The number of nitrogens with one attached hydrogen (secondary N) is 1. The van der Waals surface area contributed by atoms with Crippen molar-refractivity contribution >= 4 is 27.5 Å². The highest BCUT2D eigenvalue weighted by molar-refractivity contribution is 7.92. The molecule has 0 aliphatic carbocycles.